The lowest BCUT2D eigenvalue weighted by molar-refractivity contribution is 0.280. The quantitative estimate of drug-likeness (QED) is 0.827. The van der Waals surface area contributed by atoms with E-state index in [1.807, 2.05) is 19.1 Å². The monoisotopic (exact) mass is 352 g/mol. The lowest BCUT2D eigenvalue weighted by Gasteiger charge is -2.32. The molecule has 1 aliphatic rings. The van der Waals surface area contributed by atoms with Crippen LogP contribution in [0.2, 0.25) is 0 Å². The number of alkyl halides is 1. The molecule has 0 aliphatic heterocycles. The van der Waals surface area contributed by atoms with Crippen LogP contribution in [0, 0.1) is 25.2 Å². The molecule has 0 radical (unpaired) electrons. The second kappa shape index (κ2) is 6.80. The number of nitrogens with zero attached hydrogens (tertiary/aromatic N) is 2. The van der Waals surface area contributed by atoms with Gasteiger partial charge in [0.25, 0.3) is 0 Å². The summed E-state index contributed by atoms with van der Waals surface area (Å²) in [4.78, 5) is 0. The summed E-state index contributed by atoms with van der Waals surface area (Å²) in [5.74, 6) is -0.208. The molecule has 0 fully saturated rings. The van der Waals surface area contributed by atoms with E-state index in [-0.39, 0.29) is 5.75 Å². The van der Waals surface area contributed by atoms with E-state index in [2.05, 4.69) is 5.16 Å². The summed E-state index contributed by atoms with van der Waals surface area (Å²) < 4.78 is 21.1. The number of phenolic OH excluding ortho intramolecular Hbond substituents is 1. The highest BCUT2D eigenvalue weighted by Crippen LogP contribution is 2.49. The van der Waals surface area contributed by atoms with Gasteiger partial charge in [0.1, 0.15) is 17.6 Å². The molecule has 0 spiro atoms. The lowest BCUT2D eigenvalue weighted by Crippen LogP contribution is -2.32. The van der Waals surface area contributed by atoms with E-state index in [1.165, 1.54) is 6.08 Å². The first-order valence-electron chi connectivity index (χ1n) is 8.65. The first kappa shape index (κ1) is 17.9. The molecule has 3 rings (SSSR count). The Morgan fingerprint density at radius 2 is 2.00 bits per heavy atom. The Bertz CT molecular complexity index is 899. The fourth-order valence-electron chi connectivity index (χ4n) is 3.61. The molecular formula is C21H21FN2O2. The molecular weight excluding hydrogens is 331 g/mol. The van der Waals surface area contributed by atoms with E-state index in [0.717, 1.165) is 17.6 Å². The zero-order chi connectivity index (χ0) is 18.9. The summed E-state index contributed by atoms with van der Waals surface area (Å²) in [6.07, 6.45) is 4.91. The van der Waals surface area contributed by atoms with Crippen molar-refractivity contribution in [3.05, 3.63) is 64.6 Å². The van der Waals surface area contributed by atoms with Crippen LogP contribution in [0.3, 0.4) is 0 Å². The van der Waals surface area contributed by atoms with Gasteiger partial charge in [0.15, 0.2) is 0 Å². The minimum atomic E-state index is -2.20. The van der Waals surface area contributed by atoms with Crippen molar-refractivity contribution in [1.29, 1.82) is 5.26 Å². The fourth-order valence-corrected chi connectivity index (χ4v) is 3.61. The number of rotatable bonds is 4. The van der Waals surface area contributed by atoms with Gasteiger partial charge in [-0.1, -0.05) is 36.7 Å². The van der Waals surface area contributed by atoms with Crippen molar-refractivity contribution in [3.63, 3.8) is 0 Å². The van der Waals surface area contributed by atoms with Crippen LogP contribution in [-0.2, 0) is 0 Å². The van der Waals surface area contributed by atoms with Crippen LogP contribution in [-0.4, -0.2) is 15.9 Å². The van der Waals surface area contributed by atoms with Gasteiger partial charge in [-0.15, -0.1) is 0 Å². The first-order chi connectivity index (χ1) is 12.4. The highest BCUT2D eigenvalue weighted by Gasteiger charge is 2.46. The topological polar surface area (TPSA) is 70.0 Å². The molecule has 1 unspecified atom stereocenters. The van der Waals surface area contributed by atoms with Gasteiger partial charge in [0, 0.05) is 5.56 Å². The molecule has 4 nitrogen and oxygen atoms in total. The predicted molar refractivity (Wildman–Crippen MR) is 97.2 cm³/mol. The molecule has 0 saturated carbocycles. The van der Waals surface area contributed by atoms with Gasteiger partial charge in [0.05, 0.1) is 11.6 Å². The molecule has 26 heavy (non-hydrogen) atoms. The number of hydrogen-bond donors (Lipinski definition) is 1. The number of phenols is 1. The Morgan fingerprint density at radius 1 is 1.31 bits per heavy atom. The van der Waals surface area contributed by atoms with E-state index in [0.29, 0.717) is 29.0 Å². The third-order valence-electron chi connectivity index (χ3n) is 4.76. The number of aryl methyl sites for hydroxylation is 2. The van der Waals surface area contributed by atoms with E-state index in [9.17, 15) is 10.4 Å². The van der Waals surface area contributed by atoms with Crippen LogP contribution in [0.25, 0.3) is 5.57 Å². The highest BCUT2D eigenvalue weighted by atomic mass is 19.1. The lowest BCUT2D eigenvalue weighted by atomic mass is 9.71. The molecule has 1 heterocycles. The van der Waals surface area contributed by atoms with Crippen LogP contribution >= 0.6 is 0 Å². The second-order valence-electron chi connectivity index (χ2n) is 6.67. The van der Waals surface area contributed by atoms with Crippen molar-refractivity contribution in [2.45, 2.75) is 45.2 Å². The fraction of sp³-hybridized carbons (Fsp3) is 0.333. The Kier molecular flexibility index (Phi) is 4.69. The average Bonchev–Trinajstić information content (AvgIpc) is 2.94. The van der Waals surface area contributed by atoms with Crippen molar-refractivity contribution >= 4 is 5.57 Å². The van der Waals surface area contributed by atoms with Crippen molar-refractivity contribution in [2.75, 3.05) is 0 Å². The van der Waals surface area contributed by atoms with E-state index in [1.54, 1.807) is 38.1 Å². The van der Waals surface area contributed by atoms with Gasteiger partial charge < -0.3 is 9.63 Å². The Hall–Kier alpha value is -2.87. The molecule has 1 aromatic carbocycles. The van der Waals surface area contributed by atoms with E-state index >= 15 is 4.39 Å². The Labute approximate surface area is 152 Å². The van der Waals surface area contributed by atoms with Crippen LogP contribution in [0.15, 0.2) is 46.5 Å². The predicted octanol–water partition coefficient (Wildman–Crippen LogP) is 5.14. The number of aromatic hydroxyl groups is 1. The maximum absolute atomic E-state index is 15.9. The Morgan fingerprint density at radius 3 is 2.54 bits per heavy atom. The molecule has 2 atom stereocenters. The molecule has 5 heteroatoms. The molecule has 0 bridgehead atoms. The van der Waals surface area contributed by atoms with Crippen molar-refractivity contribution in [3.8, 4) is 11.8 Å². The van der Waals surface area contributed by atoms with Crippen molar-refractivity contribution < 1.29 is 14.0 Å². The zero-order valence-electron chi connectivity index (χ0n) is 15.1. The summed E-state index contributed by atoms with van der Waals surface area (Å²) in [5.41, 5.74) is 1.21. The number of allylic oxidation sites excluding steroid dienone is 4. The third-order valence-corrected chi connectivity index (χ3v) is 4.76. The van der Waals surface area contributed by atoms with Gasteiger partial charge in [-0.05, 0) is 55.2 Å². The number of halogens is 1. The van der Waals surface area contributed by atoms with Crippen molar-refractivity contribution in [1.82, 2.24) is 5.16 Å². The van der Waals surface area contributed by atoms with Gasteiger partial charge in [-0.3, -0.25) is 0 Å². The minimum Gasteiger partial charge on any atom is -0.508 e. The molecule has 1 N–H and O–H groups in total. The minimum absolute atomic E-state index is 0.134. The highest BCUT2D eigenvalue weighted by molar-refractivity contribution is 5.79. The van der Waals surface area contributed by atoms with Crippen LogP contribution in [0.4, 0.5) is 4.39 Å². The maximum Gasteiger partial charge on any atom is 0.225 e. The van der Waals surface area contributed by atoms with E-state index in [4.69, 9.17) is 4.52 Å². The largest absolute Gasteiger partial charge is 0.508 e. The van der Waals surface area contributed by atoms with Gasteiger partial charge in [0.2, 0.25) is 5.67 Å². The SMILES string of the molecule is CCCC1=CC(F)(C#N)[C@@H](c2c(C)noc2C)C(c2ccc(O)cc2)=C1. The number of hydrogen-bond acceptors (Lipinski definition) is 4. The Balaban J connectivity index is 2.25. The van der Waals surface area contributed by atoms with Gasteiger partial charge in [-0.2, -0.15) is 5.26 Å². The second-order valence-corrected chi connectivity index (χ2v) is 6.67. The molecule has 1 aromatic heterocycles. The number of benzene rings is 1. The molecule has 2 aromatic rings. The smallest absolute Gasteiger partial charge is 0.225 e. The summed E-state index contributed by atoms with van der Waals surface area (Å²) >= 11 is 0. The third kappa shape index (κ3) is 3.03. The van der Waals surface area contributed by atoms with Gasteiger partial charge in [-0.25, -0.2) is 4.39 Å². The first-order valence-corrected chi connectivity index (χ1v) is 8.65. The average molecular weight is 352 g/mol. The molecule has 134 valence electrons. The zero-order valence-corrected chi connectivity index (χ0v) is 15.1. The molecule has 0 saturated heterocycles. The molecule has 1 aliphatic carbocycles. The standard InChI is InChI=1S/C21H21FN2O2/c1-4-5-15-10-18(16-6-8-17(25)9-7-16)20(21(22,11-15)12-23)19-13(2)24-26-14(19)3/h6-11,20,25H,4-5H2,1-3H3/t20-,21?/m1/s1. The summed E-state index contributed by atoms with van der Waals surface area (Å²) in [5, 5.41) is 23.3. The maximum atomic E-state index is 15.9. The van der Waals surface area contributed by atoms with Crippen LogP contribution in [0.1, 0.15) is 48.3 Å². The van der Waals surface area contributed by atoms with Crippen molar-refractivity contribution in [2.24, 2.45) is 0 Å². The number of aromatic nitrogens is 1. The van der Waals surface area contributed by atoms with Crippen LogP contribution < -0.4 is 0 Å². The summed E-state index contributed by atoms with van der Waals surface area (Å²) in [6.45, 7) is 5.50. The van der Waals surface area contributed by atoms with Gasteiger partial charge >= 0.3 is 0 Å². The normalized spacial score (nSPS) is 22.5. The summed E-state index contributed by atoms with van der Waals surface area (Å²) in [7, 11) is 0. The summed E-state index contributed by atoms with van der Waals surface area (Å²) in [6, 6.07) is 8.46. The molecule has 0 amide bonds. The van der Waals surface area contributed by atoms with E-state index < -0.39 is 11.6 Å². The number of nitriles is 1. The van der Waals surface area contributed by atoms with Crippen LogP contribution in [0.5, 0.6) is 5.75 Å².